The molecule has 3 aliphatic heterocycles. The summed E-state index contributed by atoms with van der Waals surface area (Å²) in [5.74, 6) is -1.28. The number of aromatic hydroxyl groups is 1. The first-order chi connectivity index (χ1) is 18.7. The number of piperazine rings is 1. The van der Waals surface area contributed by atoms with Crippen LogP contribution in [0.1, 0.15) is 34.6 Å². The number of carbonyl (C=O) groups excluding carboxylic acids is 2. The van der Waals surface area contributed by atoms with Crippen LogP contribution in [-0.4, -0.2) is 73.8 Å². The summed E-state index contributed by atoms with van der Waals surface area (Å²) in [4.78, 5) is 36.4. The van der Waals surface area contributed by atoms with Gasteiger partial charge >= 0.3 is 0 Å². The number of benzene rings is 1. The molecule has 202 valence electrons. The number of aromatic nitrogens is 3. The van der Waals surface area contributed by atoms with Gasteiger partial charge in [-0.1, -0.05) is 24.2 Å². The first-order valence-electron chi connectivity index (χ1n) is 12.5. The lowest BCUT2D eigenvalue weighted by Crippen LogP contribution is -2.57. The fourth-order valence-corrected chi connectivity index (χ4v) is 5.93. The minimum Gasteiger partial charge on any atom is -0.507 e. The lowest BCUT2D eigenvalue weighted by Gasteiger charge is -2.39. The van der Waals surface area contributed by atoms with Crippen molar-refractivity contribution in [3.63, 3.8) is 0 Å². The minimum absolute atomic E-state index is 0.0292. The Kier molecular flexibility index (Phi) is 5.98. The van der Waals surface area contributed by atoms with E-state index in [-0.39, 0.29) is 70.2 Å². The standard InChI is InChI=1S/C27H26ClFN6O4/c1-4-20(37)33-8-9-34-15(11-33)13-39-25-22(27(34)38)26(35-12-18-16(14(35)2)10-30-32(18)3)31-24(23(25)28)21-17(29)6-5-7-19(21)36/h4-7,10,14-15,36H,1,8-9,11-13H2,2-3H3/t14-,15+/m0/s1. The fraction of sp³-hybridized carbons (Fsp3) is 0.333. The smallest absolute Gasteiger partial charge is 0.261 e. The van der Waals surface area contributed by atoms with Gasteiger partial charge in [-0.05, 0) is 25.1 Å². The van der Waals surface area contributed by atoms with Crippen LogP contribution in [0.25, 0.3) is 11.3 Å². The average molecular weight is 553 g/mol. The van der Waals surface area contributed by atoms with E-state index in [1.165, 1.54) is 24.3 Å². The Bertz CT molecular complexity index is 1520. The maximum atomic E-state index is 15.1. The molecule has 10 nitrogen and oxygen atoms in total. The van der Waals surface area contributed by atoms with Crippen molar-refractivity contribution in [2.24, 2.45) is 7.05 Å². The second kappa shape index (κ2) is 9.26. The molecule has 1 saturated heterocycles. The van der Waals surface area contributed by atoms with Crippen LogP contribution in [-0.2, 0) is 18.4 Å². The van der Waals surface area contributed by atoms with Gasteiger partial charge in [-0.25, -0.2) is 9.37 Å². The van der Waals surface area contributed by atoms with Crippen LogP contribution in [0.3, 0.4) is 0 Å². The lowest BCUT2D eigenvalue weighted by molar-refractivity contribution is -0.128. The van der Waals surface area contributed by atoms with Gasteiger partial charge in [-0.15, -0.1) is 0 Å². The molecule has 1 fully saturated rings. The molecule has 6 rings (SSSR count). The maximum Gasteiger partial charge on any atom is 0.261 e. The number of phenolic OH excluding ortho intramolecular Hbond substituents is 1. The molecule has 0 aliphatic carbocycles. The van der Waals surface area contributed by atoms with Crippen molar-refractivity contribution in [2.45, 2.75) is 25.6 Å². The predicted molar refractivity (Wildman–Crippen MR) is 141 cm³/mol. The van der Waals surface area contributed by atoms with E-state index in [0.29, 0.717) is 19.6 Å². The molecular formula is C27H26ClFN6O4. The van der Waals surface area contributed by atoms with E-state index in [4.69, 9.17) is 21.3 Å². The number of ether oxygens (including phenoxy) is 1. The molecule has 12 heteroatoms. The monoisotopic (exact) mass is 552 g/mol. The van der Waals surface area contributed by atoms with Gasteiger partial charge in [-0.2, -0.15) is 5.10 Å². The van der Waals surface area contributed by atoms with Gasteiger partial charge < -0.3 is 24.5 Å². The van der Waals surface area contributed by atoms with Crippen LogP contribution in [0.2, 0.25) is 5.02 Å². The van der Waals surface area contributed by atoms with Gasteiger partial charge in [0.1, 0.15) is 40.3 Å². The molecule has 5 heterocycles. The number of anilines is 1. The van der Waals surface area contributed by atoms with Gasteiger partial charge in [0, 0.05) is 32.2 Å². The van der Waals surface area contributed by atoms with Crippen molar-refractivity contribution in [3.8, 4) is 22.8 Å². The lowest BCUT2D eigenvalue weighted by atomic mass is 10.0. The second-order valence-electron chi connectivity index (χ2n) is 9.86. The Hall–Kier alpha value is -4.12. The molecular weight excluding hydrogens is 527 g/mol. The number of amides is 2. The normalized spacial score (nSPS) is 20.2. The van der Waals surface area contributed by atoms with Crippen LogP contribution in [0.5, 0.6) is 11.5 Å². The molecule has 0 radical (unpaired) electrons. The van der Waals surface area contributed by atoms with E-state index in [9.17, 15) is 14.7 Å². The van der Waals surface area contributed by atoms with Crippen molar-refractivity contribution in [2.75, 3.05) is 31.1 Å². The summed E-state index contributed by atoms with van der Waals surface area (Å²) in [6, 6.07) is 3.29. The SMILES string of the molecule is C=CC(=O)N1CCN2C(=O)c3c(N4Cc5c(cnn5C)[C@@H]4C)nc(-c4c(O)cccc4F)c(Cl)c3OC[C@H]2C1. The van der Waals surface area contributed by atoms with E-state index in [0.717, 1.165) is 11.3 Å². The van der Waals surface area contributed by atoms with E-state index in [1.54, 1.807) is 20.7 Å². The summed E-state index contributed by atoms with van der Waals surface area (Å²) >= 11 is 6.80. The molecule has 0 bridgehead atoms. The molecule has 3 aliphatic rings. The Morgan fingerprint density at radius 3 is 2.79 bits per heavy atom. The van der Waals surface area contributed by atoms with Gasteiger partial charge in [0.2, 0.25) is 5.91 Å². The van der Waals surface area contributed by atoms with Crippen molar-refractivity contribution in [1.82, 2.24) is 24.6 Å². The Balaban J connectivity index is 1.53. The van der Waals surface area contributed by atoms with Crippen LogP contribution in [0.4, 0.5) is 10.2 Å². The second-order valence-corrected chi connectivity index (χ2v) is 10.2. The number of nitrogens with zero attached hydrogens (tertiary/aromatic N) is 6. The average Bonchev–Trinajstić information content (AvgIpc) is 3.41. The molecule has 1 aromatic carbocycles. The van der Waals surface area contributed by atoms with Crippen molar-refractivity contribution >= 4 is 29.2 Å². The molecule has 2 aromatic heterocycles. The van der Waals surface area contributed by atoms with E-state index < -0.39 is 11.9 Å². The highest BCUT2D eigenvalue weighted by molar-refractivity contribution is 6.35. The largest absolute Gasteiger partial charge is 0.507 e. The first kappa shape index (κ1) is 25.2. The van der Waals surface area contributed by atoms with Crippen molar-refractivity contribution in [1.29, 1.82) is 0 Å². The highest BCUT2D eigenvalue weighted by Gasteiger charge is 2.42. The van der Waals surface area contributed by atoms with E-state index in [2.05, 4.69) is 11.7 Å². The maximum absolute atomic E-state index is 15.1. The number of carbonyl (C=O) groups is 2. The summed E-state index contributed by atoms with van der Waals surface area (Å²) in [6.07, 6.45) is 3.03. The minimum atomic E-state index is -0.715. The number of rotatable bonds is 3. The third kappa shape index (κ3) is 3.82. The number of hydrogen-bond donors (Lipinski definition) is 1. The molecule has 3 aromatic rings. The highest BCUT2D eigenvalue weighted by atomic mass is 35.5. The zero-order valence-corrected chi connectivity index (χ0v) is 22.2. The summed E-state index contributed by atoms with van der Waals surface area (Å²) in [5, 5.41) is 14.9. The van der Waals surface area contributed by atoms with Crippen LogP contribution >= 0.6 is 11.6 Å². The number of phenols is 1. The zero-order chi connectivity index (χ0) is 27.6. The number of halogens is 2. The Morgan fingerprint density at radius 1 is 1.28 bits per heavy atom. The molecule has 1 N–H and O–H groups in total. The molecule has 0 unspecified atom stereocenters. The van der Waals surface area contributed by atoms with Crippen LogP contribution in [0.15, 0.2) is 37.1 Å². The number of fused-ring (bicyclic) bond motifs is 3. The summed E-state index contributed by atoms with van der Waals surface area (Å²) < 4.78 is 23.0. The Labute approximate surface area is 228 Å². The van der Waals surface area contributed by atoms with Gasteiger partial charge in [-0.3, -0.25) is 14.3 Å². The third-order valence-electron chi connectivity index (χ3n) is 7.77. The predicted octanol–water partition coefficient (Wildman–Crippen LogP) is 3.29. The quantitative estimate of drug-likeness (QED) is 0.497. The van der Waals surface area contributed by atoms with Crippen molar-refractivity contribution < 1.29 is 23.8 Å². The topological polar surface area (TPSA) is 104 Å². The fourth-order valence-electron chi connectivity index (χ4n) is 5.64. The molecule has 0 spiro atoms. The van der Waals surface area contributed by atoms with Crippen molar-refractivity contribution in [3.05, 3.63) is 64.7 Å². The third-order valence-corrected chi connectivity index (χ3v) is 8.12. The summed E-state index contributed by atoms with van der Waals surface area (Å²) in [6.45, 7) is 6.89. The summed E-state index contributed by atoms with van der Waals surface area (Å²) in [7, 11) is 1.84. The number of hydrogen-bond acceptors (Lipinski definition) is 7. The molecule has 2 atom stereocenters. The van der Waals surface area contributed by atoms with Crippen LogP contribution < -0.4 is 9.64 Å². The Morgan fingerprint density at radius 2 is 2.08 bits per heavy atom. The molecule has 0 saturated carbocycles. The van der Waals surface area contributed by atoms with Gasteiger partial charge in [0.05, 0.1) is 36.1 Å². The summed E-state index contributed by atoms with van der Waals surface area (Å²) in [5.41, 5.74) is 1.89. The zero-order valence-electron chi connectivity index (χ0n) is 21.4. The first-order valence-corrected chi connectivity index (χ1v) is 12.9. The van der Waals surface area contributed by atoms with Gasteiger partial charge in [0.15, 0.2) is 5.75 Å². The van der Waals surface area contributed by atoms with Gasteiger partial charge in [0.25, 0.3) is 5.91 Å². The van der Waals surface area contributed by atoms with E-state index in [1.807, 2.05) is 18.9 Å². The molecule has 39 heavy (non-hydrogen) atoms. The number of pyridine rings is 1. The molecule has 2 amide bonds. The number of aryl methyl sites for hydroxylation is 1. The van der Waals surface area contributed by atoms with E-state index >= 15 is 4.39 Å². The van der Waals surface area contributed by atoms with Crippen LogP contribution in [0, 0.1) is 5.82 Å². The highest BCUT2D eigenvalue weighted by Crippen LogP contribution is 2.48.